The highest BCUT2D eigenvalue weighted by Gasteiger charge is 2.48. The SMILES string of the molecule is CN1c2ccc(-c3ccccc3F)cc2[C@@H]2[C@@H](CCN2C(=O)c2ccccn2)[C@@H]1CO. The maximum atomic E-state index is 14.5. The van der Waals surface area contributed by atoms with Gasteiger partial charge in [0.05, 0.1) is 18.7 Å². The van der Waals surface area contributed by atoms with Crippen LogP contribution < -0.4 is 4.90 Å². The number of carbonyl (C=O) groups excluding carboxylic acids is 1. The van der Waals surface area contributed by atoms with Crippen LogP contribution in [0, 0.1) is 11.7 Å². The Morgan fingerprint density at radius 3 is 2.71 bits per heavy atom. The standard InChI is InChI=1S/C25H24FN3O2/c1-28-22-10-9-16(17-6-2-3-7-20(17)26)14-19(22)24-18(23(28)15-30)11-13-29(24)25(31)21-8-4-5-12-27-21/h2-10,12,14,18,23-24,30H,11,13,15H2,1H3/t18-,23-,24-/m0/s1. The predicted molar refractivity (Wildman–Crippen MR) is 117 cm³/mol. The summed E-state index contributed by atoms with van der Waals surface area (Å²) in [5, 5.41) is 10.1. The van der Waals surface area contributed by atoms with Gasteiger partial charge >= 0.3 is 0 Å². The summed E-state index contributed by atoms with van der Waals surface area (Å²) in [6.45, 7) is 0.607. The highest BCUT2D eigenvalue weighted by Crippen LogP contribution is 2.49. The minimum Gasteiger partial charge on any atom is -0.394 e. The molecule has 1 amide bonds. The van der Waals surface area contributed by atoms with Gasteiger partial charge in [-0.3, -0.25) is 9.78 Å². The number of nitrogens with zero attached hydrogens (tertiary/aromatic N) is 3. The van der Waals surface area contributed by atoms with Crippen molar-refractivity contribution in [2.75, 3.05) is 25.1 Å². The number of likely N-dealkylation sites (tertiary alicyclic amines) is 1. The van der Waals surface area contributed by atoms with Gasteiger partial charge in [-0.1, -0.05) is 30.3 Å². The van der Waals surface area contributed by atoms with Gasteiger partial charge < -0.3 is 14.9 Å². The Hall–Kier alpha value is -3.25. The molecule has 3 aromatic rings. The first kappa shape index (κ1) is 19.7. The molecule has 6 heteroatoms. The molecule has 2 aliphatic rings. The van der Waals surface area contributed by atoms with E-state index in [-0.39, 0.29) is 36.3 Å². The van der Waals surface area contributed by atoms with Crippen molar-refractivity contribution in [2.24, 2.45) is 5.92 Å². The molecule has 1 N–H and O–H groups in total. The van der Waals surface area contributed by atoms with Crippen molar-refractivity contribution in [2.45, 2.75) is 18.5 Å². The fraction of sp³-hybridized carbons (Fsp3) is 0.280. The van der Waals surface area contributed by atoms with E-state index < -0.39 is 0 Å². The van der Waals surface area contributed by atoms with Crippen molar-refractivity contribution in [1.29, 1.82) is 0 Å². The molecule has 31 heavy (non-hydrogen) atoms. The van der Waals surface area contributed by atoms with E-state index in [0.717, 1.165) is 23.2 Å². The Balaban J connectivity index is 1.63. The number of amides is 1. The molecule has 0 aliphatic carbocycles. The number of rotatable bonds is 3. The molecule has 3 atom stereocenters. The van der Waals surface area contributed by atoms with Gasteiger partial charge in [0.25, 0.3) is 5.91 Å². The minimum absolute atomic E-state index is 0.0117. The molecule has 0 saturated carbocycles. The molecule has 2 aliphatic heterocycles. The summed E-state index contributed by atoms with van der Waals surface area (Å²) in [5.74, 6) is -0.299. The molecule has 3 heterocycles. The predicted octanol–water partition coefficient (Wildman–Crippen LogP) is 3.90. The zero-order chi connectivity index (χ0) is 21.5. The molecular formula is C25H24FN3O2. The minimum atomic E-state index is -0.274. The number of likely N-dealkylation sites (N-methyl/N-ethyl adjacent to an activating group) is 1. The van der Waals surface area contributed by atoms with E-state index >= 15 is 0 Å². The van der Waals surface area contributed by atoms with Gasteiger partial charge in [-0.2, -0.15) is 0 Å². The average molecular weight is 417 g/mol. The van der Waals surface area contributed by atoms with Crippen molar-refractivity contribution in [1.82, 2.24) is 9.88 Å². The van der Waals surface area contributed by atoms with Crippen molar-refractivity contribution < 1.29 is 14.3 Å². The molecule has 0 radical (unpaired) electrons. The largest absolute Gasteiger partial charge is 0.394 e. The zero-order valence-corrected chi connectivity index (χ0v) is 17.3. The van der Waals surface area contributed by atoms with Crippen LogP contribution in [0.25, 0.3) is 11.1 Å². The van der Waals surface area contributed by atoms with Crippen molar-refractivity contribution >= 4 is 11.6 Å². The molecule has 1 aromatic heterocycles. The summed E-state index contributed by atoms with van der Waals surface area (Å²) < 4.78 is 14.5. The Labute approximate surface area is 180 Å². The fourth-order valence-corrected chi connectivity index (χ4v) is 5.18. The number of hydrogen-bond acceptors (Lipinski definition) is 4. The number of aromatic nitrogens is 1. The van der Waals surface area contributed by atoms with Gasteiger partial charge in [-0.05, 0) is 47.9 Å². The Morgan fingerprint density at radius 2 is 1.97 bits per heavy atom. The smallest absolute Gasteiger partial charge is 0.272 e. The number of carbonyl (C=O) groups is 1. The first-order chi connectivity index (χ1) is 15.1. The summed E-state index contributed by atoms with van der Waals surface area (Å²) in [5.41, 5.74) is 3.67. The van der Waals surface area contributed by atoms with Crippen LogP contribution in [0.5, 0.6) is 0 Å². The maximum Gasteiger partial charge on any atom is 0.272 e. The van der Waals surface area contributed by atoms with Crippen LogP contribution >= 0.6 is 0 Å². The van der Waals surface area contributed by atoms with E-state index in [4.69, 9.17) is 0 Å². The van der Waals surface area contributed by atoms with E-state index in [1.54, 1.807) is 30.5 Å². The average Bonchev–Trinajstić information content (AvgIpc) is 3.24. The van der Waals surface area contributed by atoms with Gasteiger partial charge in [-0.15, -0.1) is 0 Å². The van der Waals surface area contributed by atoms with Gasteiger partial charge in [0.2, 0.25) is 0 Å². The fourth-order valence-electron chi connectivity index (χ4n) is 5.18. The third-order valence-corrected chi connectivity index (χ3v) is 6.68. The van der Waals surface area contributed by atoms with Crippen LogP contribution in [0.3, 0.4) is 0 Å². The molecule has 2 aromatic carbocycles. The monoisotopic (exact) mass is 417 g/mol. The summed E-state index contributed by atoms with van der Waals surface area (Å²) in [7, 11) is 1.97. The van der Waals surface area contributed by atoms with Crippen LogP contribution in [0.15, 0.2) is 66.9 Å². The van der Waals surface area contributed by atoms with Crippen molar-refractivity contribution in [3.05, 3.63) is 83.9 Å². The highest BCUT2D eigenvalue weighted by molar-refractivity contribution is 5.93. The summed E-state index contributed by atoms with van der Waals surface area (Å²) >= 11 is 0. The molecule has 5 rings (SSSR count). The Bertz CT molecular complexity index is 1120. The van der Waals surface area contributed by atoms with Crippen molar-refractivity contribution in [3.8, 4) is 11.1 Å². The van der Waals surface area contributed by atoms with Crippen LogP contribution in [0.4, 0.5) is 10.1 Å². The van der Waals surface area contributed by atoms with Crippen LogP contribution in [0.1, 0.15) is 28.5 Å². The quantitative estimate of drug-likeness (QED) is 0.702. The number of hydrogen-bond donors (Lipinski definition) is 1. The lowest BCUT2D eigenvalue weighted by Crippen LogP contribution is -2.48. The number of benzene rings is 2. The maximum absolute atomic E-state index is 14.5. The van der Waals surface area contributed by atoms with E-state index in [1.807, 2.05) is 42.3 Å². The molecule has 1 saturated heterocycles. The van der Waals surface area contributed by atoms with E-state index in [0.29, 0.717) is 17.8 Å². The van der Waals surface area contributed by atoms with Crippen LogP contribution in [0.2, 0.25) is 0 Å². The lowest BCUT2D eigenvalue weighted by molar-refractivity contribution is 0.0688. The van der Waals surface area contributed by atoms with Gasteiger partial charge in [0.15, 0.2) is 0 Å². The van der Waals surface area contributed by atoms with E-state index in [9.17, 15) is 14.3 Å². The second kappa shape index (κ2) is 7.78. The van der Waals surface area contributed by atoms with Crippen LogP contribution in [-0.4, -0.2) is 47.1 Å². The van der Waals surface area contributed by atoms with Gasteiger partial charge in [0, 0.05) is 37.0 Å². The zero-order valence-electron chi connectivity index (χ0n) is 17.3. The topological polar surface area (TPSA) is 56.7 Å². The molecule has 1 fully saturated rings. The number of aliphatic hydroxyl groups is 1. The Kier molecular flexibility index (Phi) is 4.94. The summed E-state index contributed by atoms with van der Waals surface area (Å²) in [6, 6.07) is 17.6. The second-order valence-corrected chi connectivity index (χ2v) is 8.23. The molecule has 0 bridgehead atoms. The van der Waals surface area contributed by atoms with E-state index in [1.165, 1.54) is 6.07 Å². The molecular weight excluding hydrogens is 393 g/mol. The molecule has 0 unspecified atom stereocenters. The Morgan fingerprint density at radius 1 is 1.16 bits per heavy atom. The van der Waals surface area contributed by atoms with Gasteiger partial charge in [-0.25, -0.2) is 4.39 Å². The molecule has 158 valence electrons. The van der Waals surface area contributed by atoms with E-state index in [2.05, 4.69) is 9.88 Å². The number of halogens is 1. The first-order valence-corrected chi connectivity index (χ1v) is 10.5. The number of pyridine rings is 1. The lowest BCUT2D eigenvalue weighted by atomic mass is 9.81. The van der Waals surface area contributed by atoms with Crippen LogP contribution in [-0.2, 0) is 0 Å². The second-order valence-electron chi connectivity index (χ2n) is 8.23. The summed E-state index contributed by atoms with van der Waals surface area (Å²) in [6.07, 6.45) is 2.42. The summed E-state index contributed by atoms with van der Waals surface area (Å²) in [4.78, 5) is 21.5. The number of aliphatic hydroxyl groups excluding tert-OH is 1. The highest BCUT2D eigenvalue weighted by atomic mass is 19.1. The van der Waals surface area contributed by atoms with Crippen molar-refractivity contribution in [3.63, 3.8) is 0 Å². The number of anilines is 1. The normalized spacial score (nSPS) is 22.2. The first-order valence-electron chi connectivity index (χ1n) is 10.5. The number of fused-ring (bicyclic) bond motifs is 3. The molecule has 0 spiro atoms. The molecule has 5 nitrogen and oxygen atoms in total. The third-order valence-electron chi connectivity index (χ3n) is 6.68. The third kappa shape index (κ3) is 3.18. The van der Waals surface area contributed by atoms with Gasteiger partial charge in [0.1, 0.15) is 11.5 Å². The lowest BCUT2D eigenvalue weighted by Gasteiger charge is -2.44.